The Morgan fingerprint density at radius 3 is 2.33 bits per heavy atom. The van der Waals surface area contributed by atoms with E-state index < -0.39 is 46.8 Å². The lowest BCUT2D eigenvalue weighted by molar-refractivity contribution is -0.200. The summed E-state index contributed by atoms with van der Waals surface area (Å²) in [6.45, 7) is 1.05. The van der Waals surface area contributed by atoms with Crippen LogP contribution in [0.2, 0.25) is 0 Å². The van der Waals surface area contributed by atoms with Crippen molar-refractivity contribution >= 4 is 17.8 Å². The molecule has 0 radical (unpaired) electrons. The molecule has 24 heavy (non-hydrogen) atoms. The van der Waals surface area contributed by atoms with E-state index in [-0.39, 0.29) is 0 Å². The van der Waals surface area contributed by atoms with E-state index in [4.69, 9.17) is 0 Å². The van der Waals surface area contributed by atoms with Gasteiger partial charge in [-0.05, 0) is 19.8 Å². The largest absolute Gasteiger partial charge is 0.465 e. The minimum atomic E-state index is -5.25. The SMILES string of the molecule is COC(=O)C1=C(C)OC(=O)[C@]1(NC(=O)C1CCCCC1)C(F)(F)F. The van der Waals surface area contributed by atoms with Crippen molar-refractivity contribution < 1.29 is 37.0 Å². The lowest BCUT2D eigenvalue weighted by Crippen LogP contribution is -2.65. The number of carbonyl (C=O) groups excluding carboxylic acids is 3. The van der Waals surface area contributed by atoms with Gasteiger partial charge in [0.1, 0.15) is 11.3 Å². The fraction of sp³-hybridized carbons (Fsp3) is 0.667. The first-order valence-corrected chi connectivity index (χ1v) is 7.56. The van der Waals surface area contributed by atoms with Gasteiger partial charge in [-0.15, -0.1) is 0 Å². The van der Waals surface area contributed by atoms with E-state index in [1.54, 1.807) is 5.32 Å². The summed E-state index contributed by atoms with van der Waals surface area (Å²) in [5.41, 5.74) is -4.56. The number of esters is 2. The topological polar surface area (TPSA) is 81.7 Å². The van der Waals surface area contributed by atoms with E-state index in [1.165, 1.54) is 0 Å². The zero-order chi connectivity index (χ0) is 18.1. The molecule has 0 bridgehead atoms. The molecule has 134 valence electrons. The van der Waals surface area contributed by atoms with E-state index in [0.29, 0.717) is 12.8 Å². The summed E-state index contributed by atoms with van der Waals surface area (Å²) in [6, 6.07) is 0. The second-order valence-corrected chi connectivity index (χ2v) is 5.88. The highest BCUT2D eigenvalue weighted by molar-refractivity contribution is 6.07. The van der Waals surface area contributed by atoms with Crippen LogP contribution < -0.4 is 5.32 Å². The molecule has 0 aromatic carbocycles. The van der Waals surface area contributed by atoms with Gasteiger partial charge in [-0.3, -0.25) is 4.79 Å². The molecule has 1 heterocycles. The zero-order valence-corrected chi connectivity index (χ0v) is 13.3. The Morgan fingerprint density at radius 2 is 1.83 bits per heavy atom. The van der Waals surface area contributed by atoms with Crippen LogP contribution in [0.1, 0.15) is 39.0 Å². The first kappa shape index (κ1) is 18.3. The lowest BCUT2D eigenvalue weighted by atomic mass is 9.85. The minimum absolute atomic E-state index is 0.436. The fourth-order valence-electron chi connectivity index (χ4n) is 3.13. The molecule has 1 atom stereocenters. The van der Waals surface area contributed by atoms with E-state index in [2.05, 4.69) is 9.47 Å². The van der Waals surface area contributed by atoms with Crippen LogP contribution in [-0.2, 0) is 23.9 Å². The molecule has 0 spiro atoms. The zero-order valence-electron chi connectivity index (χ0n) is 13.3. The van der Waals surface area contributed by atoms with Gasteiger partial charge in [-0.25, -0.2) is 9.59 Å². The Bertz CT molecular complexity index is 592. The van der Waals surface area contributed by atoms with Crippen molar-refractivity contribution in [1.82, 2.24) is 5.32 Å². The molecular formula is C15H18F3NO5. The maximum absolute atomic E-state index is 13.8. The number of nitrogens with one attached hydrogen (secondary N) is 1. The van der Waals surface area contributed by atoms with Crippen LogP contribution in [0, 0.1) is 5.92 Å². The number of alkyl halides is 3. The van der Waals surface area contributed by atoms with Gasteiger partial charge in [0.2, 0.25) is 5.91 Å². The second-order valence-electron chi connectivity index (χ2n) is 5.88. The number of cyclic esters (lactones) is 1. The summed E-state index contributed by atoms with van der Waals surface area (Å²) in [5, 5.41) is 1.75. The van der Waals surface area contributed by atoms with Crippen molar-refractivity contribution in [3.63, 3.8) is 0 Å². The third kappa shape index (κ3) is 2.87. The van der Waals surface area contributed by atoms with Crippen molar-refractivity contribution in [3.8, 4) is 0 Å². The summed E-state index contributed by atoms with van der Waals surface area (Å²) in [6.07, 6.45) is -2.03. The molecule has 0 aromatic rings. The fourth-order valence-corrected chi connectivity index (χ4v) is 3.13. The summed E-state index contributed by atoms with van der Waals surface area (Å²) in [5.74, 6) is -5.21. The van der Waals surface area contributed by atoms with Crippen molar-refractivity contribution in [2.45, 2.75) is 50.7 Å². The standard InChI is InChI=1S/C15H18F3NO5/c1-8-10(12(21)23-2)14(13(22)24-8,15(16,17)18)19-11(20)9-6-4-3-5-7-9/h9H,3-7H2,1-2H3,(H,19,20)/t14-/m0/s1. The molecule has 0 unspecified atom stereocenters. The number of hydrogen-bond acceptors (Lipinski definition) is 5. The molecule has 1 saturated carbocycles. The van der Waals surface area contributed by atoms with Crippen LogP contribution in [0.15, 0.2) is 11.3 Å². The highest BCUT2D eigenvalue weighted by Gasteiger charge is 2.71. The van der Waals surface area contributed by atoms with Gasteiger partial charge in [-0.1, -0.05) is 19.3 Å². The number of rotatable bonds is 3. The van der Waals surface area contributed by atoms with Crippen LogP contribution in [0.25, 0.3) is 0 Å². The Kier molecular flexibility index (Phi) is 4.91. The predicted molar refractivity (Wildman–Crippen MR) is 74.3 cm³/mol. The molecule has 0 aromatic heterocycles. The van der Waals surface area contributed by atoms with E-state index in [1.807, 2.05) is 0 Å². The molecule has 2 rings (SSSR count). The molecule has 9 heteroatoms. The number of amides is 1. The minimum Gasteiger partial charge on any atom is -0.465 e. The molecule has 1 amide bonds. The lowest BCUT2D eigenvalue weighted by Gasteiger charge is -2.32. The number of halogens is 3. The maximum Gasteiger partial charge on any atom is 0.427 e. The van der Waals surface area contributed by atoms with Crippen molar-refractivity contribution in [3.05, 3.63) is 11.3 Å². The normalized spacial score (nSPS) is 25.5. The second kappa shape index (κ2) is 6.45. The van der Waals surface area contributed by atoms with Crippen molar-refractivity contribution in [1.29, 1.82) is 0 Å². The Hall–Kier alpha value is -2.06. The van der Waals surface area contributed by atoms with E-state index >= 15 is 0 Å². The van der Waals surface area contributed by atoms with Crippen LogP contribution >= 0.6 is 0 Å². The summed E-state index contributed by atoms with van der Waals surface area (Å²) in [7, 11) is 0.884. The average molecular weight is 349 g/mol. The van der Waals surface area contributed by atoms with Gasteiger partial charge in [0.05, 0.1) is 7.11 Å². The quantitative estimate of drug-likeness (QED) is 0.788. The number of carbonyl (C=O) groups is 3. The van der Waals surface area contributed by atoms with Gasteiger partial charge >= 0.3 is 18.1 Å². The maximum atomic E-state index is 13.8. The first-order valence-electron chi connectivity index (χ1n) is 7.56. The van der Waals surface area contributed by atoms with Gasteiger partial charge < -0.3 is 14.8 Å². The third-order valence-corrected chi connectivity index (χ3v) is 4.38. The number of methoxy groups -OCH3 is 1. The average Bonchev–Trinajstić information content (AvgIpc) is 2.78. The summed E-state index contributed by atoms with van der Waals surface area (Å²) >= 11 is 0. The van der Waals surface area contributed by atoms with Gasteiger partial charge in [0.15, 0.2) is 0 Å². The Balaban J connectivity index is 2.44. The molecule has 1 N–H and O–H groups in total. The van der Waals surface area contributed by atoms with E-state index in [9.17, 15) is 27.6 Å². The Labute approximate surface area is 136 Å². The highest BCUT2D eigenvalue weighted by Crippen LogP contribution is 2.44. The molecule has 2 aliphatic rings. The van der Waals surface area contributed by atoms with Crippen LogP contribution in [0.3, 0.4) is 0 Å². The predicted octanol–water partition coefficient (Wildman–Crippen LogP) is 1.99. The van der Waals surface area contributed by atoms with Crippen LogP contribution in [0.5, 0.6) is 0 Å². The third-order valence-electron chi connectivity index (χ3n) is 4.38. The van der Waals surface area contributed by atoms with Crippen LogP contribution in [0.4, 0.5) is 13.2 Å². The van der Waals surface area contributed by atoms with Crippen molar-refractivity contribution in [2.24, 2.45) is 5.92 Å². The molecule has 0 saturated heterocycles. The van der Waals surface area contributed by atoms with Crippen LogP contribution in [-0.4, -0.2) is 36.7 Å². The van der Waals surface area contributed by atoms with Gasteiger partial charge in [0.25, 0.3) is 5.54 Å². The van der Waals surface area contributed by atoms with Crippen molar-refractivity contribution in [2.75, 3.05) is 7.11 Å². The molecular weight excluding hydrogens is 331 g/mol. The molecule has 1 fully saturated rings. The number of allylic oxidation sites excluding steroid dienone is 1. The van der Waals surface area contributed by atoms with E-state index in [0.717, 1.165) is 33.3 Å². The Morgan fingerprint density at radius 1 is 1.25 bits per heavy atom. The monoisotopic (exact) mass is 349 g/mol. The number of ether oxygens (including phenoxy) is 2. The molecule has 6 nitrogen and oxygen atoms in total. The summed E-state index contributed by atoms with van der Waals surface area (Å²) in [4.78, 5) is 36.1. The molecule has 1 aliphatic heterocycles. The molecule has 1 aliphatic carbocycles. The van der Waals surface area contributed by atoms with Gasteiger partial charge in [-0.2, -0.15) is 13.2 Å². The summed E-state index contributed by atoms with van der Waals surface area (Å²) < 4.78 is 50.2. The van der Waals surface area contributed by atoms with Gasteiger partial charge in [0, 0.05) is 5.92 Å². The number of hydrogen-bond donors (Lipinski definition) is 1. The smallest absolute Gasteiger partial charge is 0.427 e. The first-order chi connectivity index (χ1) is 11.1. The highest BCUT2D eigenvalue weighted by atomic mass is 19.4.